The van der Waals surface area contributed by atoms with Crippen molar-refractivity contribution in [2.45, 2.75) is 12.8 Å². The molecule has 0 saturated carbocycles. The minimum atomic E-state index is -3.30. The van der Waals surface area contributed by atoms with Crippen molar-refractivity contribution in [3.63, 3.8) is 0 Å². The molecular formula is C13H18N6O4S. The quantitative estimate of drug-likeness (QED) is 0.824. The monoisotopic (exact) mass is 354 g/mol. The van der Waals surface area contributed by atoms with Gasteiger partial charge in [-0.1, -0.05) is 5.10 Å². The summed E-state index contributed by atoms with van der Waals surface area (Å²) in [5, 5.41) is 14.3. The number of piperidine rings is 1. The lowest BCUT2D eigenvalue weighted by molar-refractivity contribution is -0.121. The normalized spacial score (nSPS) is 19.3. The molecule has 0 aliphatic carbocycles. The molecule has 1 saturated heterocycles. The zero-order valence-electron chi connectivity index (χ0n) is 13.3. The van der Waals surface area contributed by atoms with E-state index in [0.717, 1.165) is 6.26 Å². The van der Waals surface area contributed by atoms with Crippen LogP contribution in [0.2, 0.25) is 0 Å². The van der Waals surface area contributed by atoms with E-state index in [2.05, 4.69) is 20.6 Å². The number of nitrogens with one attached hydrogen (secondary N) is 1. The number of hydrogen-bond acceptors (Lipinski definition) is 7. The van der Waals surface area contributed by atoms with E-state index in [9.17, 15) is 13.2 Å². The maximum absolute atomic E-state index is 12.3. The molecule has 1 unspecified atom stereocenters. The Morgan fingerprint density at radius 1 is 1.42 bits per heavy atom. The average Bonchev–Trinajstić information content (AvgIpc) is 3.15. The van der Waals surface area contributed by atoms with Crippen LogP contribution in [-0.4, -0.2) is 58.0 Å². The predicted octanol–water partition coefficient (Wildman–Crippen LogP) is 0.0802. The van der Waals surface area contributed by atoms with E-state index >= 15 is 0 Å². The zero-order chi connectivity index (χ0) is 17.3. The highest BCUT2D eigenvalue weighted by Crippen LogP contribution is 2.22. The van der Waals surface area contributed by atoms with Gasteiger partial charge in [0, 0.05) is 26.3 Å². The molecule has 1 aliphatic heterocycles. The summed E-state index contributed by atoms with van der Waals surface area (Å²) in [7, 11) is -1.54. The summed E-state index contributed by atoms with van der Waals surface area (Å²) in [4.78, 5) is 12.3. The Labute approximate surface area is 138 Å². The number of sulfonamides is 1. The number of carbonyl (C=O) groups excluding carboxylic acids is 1. The molecule has 1 fully saturated rings. The molecule has 3 rings (SSSR count). The maximum atomic E-state index is 12.3. The molecule has 0 bridgehead atoms. The minimum absolute atomic E-state index is 0.0304. The number of aryl methyl sites for hydroxylation is 1. The molecule has 3 heterocycles. The van der Waals surface area contributed by atoms with E-state index in [1.54, 1.807) is 24.0 Å². The van der Waals surface area contributed by atoms with E-state index in [4.69, 9.17) is 4.42 Å². The van der Waals surface area contributed by atoms with Gasteiger partial charge in [-0.2, -0.15) is 5.10 Å². The standard InChI is InChI=1S/C13H18N6O4S/c1-18-7-5-10(17-18)12-15-16-13(23-12)14-11(20)9-4-3-6-19(8-9)24(2,21)22/h5,7,9H,3-4,6,8H2,1-2H3,(H,14,16,20). The molecule has 10 nitrogen and oxygen atoms in total. The van der Waals surface area contributed by atoms with Crippen molar-refractivity contribution in [3.05, 3.63) is 12.3 Å². The molecule has 1 N–H and O–H groups in total. The van der Waals surface area contributed by atoms with Gasteiger partial charge < -0.3 is 4.42 Å². The summed E-state index contributed by atoms with van der Waals surface area (Å²) >= 11 is 0. The van der Waals surface area contributed by atoms with Gasteiger partial charge in [0.15, 0.2) is 0 Å². The van der Waals surface area contributed by atoms with Crippen molar-refractivity contribution < 1.29 is 17.6 Å². The van der Waals surface area contributed by atoms with E-state index in [-0.39, 0.29) is 24.4 Å². The number of aromatic nitrogens is 4. The van der Waals surface area contributed by atoms with Crippen LogP contribution in [0.25, 0.3) is 11.6 Å². The molecule has 2 aromatic heterocycles. The summed E-state index contributed by atoms with van der Waals surface area (Å²) in [5.41, 5.74) is 0.506. The molecule has 1 atom stereocenters. The minimum Gasteiger partial charge on any atom is -0.401 e. The van der Waals surface area contributed by atoms with Gasteiger partial charge in [0.1, 0.15) is 5.69 Å². The Morgan fingerprint density at radius 3 is 2.88 bits per heavy atom. The van der Waals surface area contributed by atoms with Gasteiger partial charge in [0.05, 0.1) is 12.2 Å². The van der Waals surface area contributed by atoms with Crippen LogP contribution in [0.4, 0.5) is 6.01 Å². The second-order valence-electron chi connectivity index (χ2n) is 5.74. The second kappa shape index (κ2) is 6.32. The SMILES string of the molecule is Cn1ccc(-c2nnc(NC(=O)C3CCCN(S(C)(=O)=O)C3)o2)n1. The lowest BCUT2D eigenvalue weighted by Crippen LogP contribution is -2.43. The number of carbonyl (C=O) groups is 1. The number of hydrogen-bond donors (Lipinski definition) is 1. The third-order valence-electron chi connectivity index (χ3n) is 3.81. The first-order chi connectivity index (χ1) is 11.3. The van der Waals surface area contributed by atoms with Crippen molar-refractivity contribution in [2.24, 2.45) is 13.0 Å². The predicted molar refractivity (Wildman–Crippen MR) is 84.3 cm³/mol. The average molecular weight is 354 g/mol. The van der Waals surface area contributed by atoms with E-state index < -0.39 is 15.9 Å². The Balaban J connectivity index is 1.66. The summed E-state index contributed by atoms with van der Waals surface area (Å²) in [6.45, 7) is 0.596. The lowest BCUT2D eigenvalue weighted by atomic mass is 9.99. The molecule has 1 amide bonds. The Bertz CT molecular complexity index is 842. The van der Waals surface area contributed by atoms with Gasteiger partial charge in [-0.05, 0) is 18.9 Å². The summed E-state index contributed by atoms with van der Waals surface area (Å²) in [6, 6.07) is 1.68. The van der Waals surface area contributed by atoms with Crippen LogP contribution >= 0.6 is 0 Å². The Morgan fingerprint density at radius 2 is 2.21 bits per heavy atom. The fourth-order valence-corrected chi connectivity index (χ4v) is 3.48. The number of amides is 1. The summed E-state index contributed by atoms with van der Waals surface area (Å²) < 4.78 is 31.5. The van der Waals surface area contributed by atoms with Crippen LogP contribution in [0.1, 0.15) is 12.8 Å². The van der Waals surface area contributed by atoms with Crippen molar-refractivity contribution in [1.82, 2.24) is 24.3 Å². The molecule has 0 aromatic carbocycles. The third-order valence-corrected chi connectivity index (χ3v) is 5.08. The van der Waals surface area contributed by atoms with Crippen LogP contribution in [0.15, 0.2) is 16.7 Å². The molecule has 24 heavy (non-hydrogen) atoms. The van der Waals surface area contributed by atoms with Crippen LogP contribution < -0.4 is 5.32 Å². The molecule has 0 radical (unpaired) electrons. The van der Waals surface area contributed by atoms with Gasteiger partial charge in [-0.25, -0.2) is 12.7 Å². The smallest absolute Gasteiger partial charge is 0.322 e. The van der Waals surface area contributed by atoms with Crippen molar-refractivity contribution in [3.8, 4) is 11.6 Å². The molecule has 11 heteroatoms. The van der Waals surface area contributed by atoms with Crippen LogP contribution in [-0.2, 0) is 21.9 Å². The Kier molecular flexibility index (Phi) is 4.37. The summed E-state index contributed by atoms with van der Waals surface area (Å²) in [5.74, 6) is -0.578. The van der Waals surface area contributed by atoms with Crippen molar-refractivity contribution >= 4 is 21.9 Å². The first-order valence-corrected chi connectivity index (χ1v) is 9.27. The third kappa shape index (κ3) is 3.62. The molecule has 130 valence electrons. The zero-order valence-corrected chi connectivity index (χ0v) is 14.2. The Hall–Kier alpha value is -2.27. The maximum Gasteiger partial charge on any atom is 0.322 e. The topological polar surface area (TPSA) is 123 Å². The van der Waals surface area contributed by atoms with Crippen LogP contribution in [0.5, 0.6) is 0 Å². The van der Waals surface area contributed by atoms with Crippen molar-refractivity contribution in [1.29, 1.82) is 0 Å². The molecule has 2 aromatic rings. The van der Waals surface area contributed by atoms with Gasteiger partial charge in [-0.3, -0.25) is 14.8 Å². The molecule has 1 aliphatic rings. The first-order valence-electron chi connectivity index (χ1n) is 7.42. The fraction of sp³-hybridized carbons (Fsp3) is 0.538. The largest absolute Gasteiger partial charge is 0.401 e. The van der Waals surface area contributed by atoms with Gasteiger partial charge in [0.2, 0.25) is 15.9 Å². The fourth-order valence-electron chi connectivity index (χ4n) is 2.57. The van der Waals surface area contributed by atoms with Crippen molar-refractivity contribution in [2.75, 3.05) is 24.7 Å². The van der Waals surface area contributed by atoms with Gasteiger partial charge in [-0.15, -0.1) is 5.10 Å². The molecular weight excluding hydrogens is 336 g/mol. The highest BCUT2D eigenvalue weighted by Gasteiger charge is 2.30. The summed E-state index contributed by atoms with van der Waals surface area (Å²) in [6.07, 6.45) is 4.12. The molecule has 0 spiro atoms. The van der Waals surface area contributed by atoms with E-state index in [0.29, 0.717) is 25.1 Å². The highest BCUT2D eigenvalue weighted by molar-refractivity contribution is 7.88. The number of nitrogens with zero attached hydrogens (tertiary/aromatic N) is 5. The van der Waals surface area contributed by atoms with Gasteiger partial charge in [0.25, 0.3) is 5.89 Å². The first kappa shape index (κ1) is 16.6. The van der Waals surface area contributed by atoms with Crippen LogP contribution in [0, 0.1) is 5.92 Å². The van der Waals surface area contributed by atoms with E-state index in [1.807, 2.05) is 0 Å². The van der Waals surface area contributed by atoms with Crippen LogP contribution in [0.3, 0.4) is 0 Å². The van der Waals surface area contributed by atoms with Gasteiger partial charge >= 0.3 is 6.01 Å². The second-order valence-corrected chi connectivity index (χ2v) is 7.72. The number of rotatable bonds is 4. The number of anilines is 1. The lowest BCUT2D eigenvalue weighted by Gasteiger charge is -2.29. The highest BCUT2D eigenvalue weighted by atomic mass is 32.2. The van der Waals surface area contributed by atoms with E-state index in [1.165, 1.54) is 4.31 Å².